The fourth-order valence-corrected chi connectivity index (χ4v) is 1.76. The molecule has 0 saturated heterocycles. The van der Waals surface area contributed by atoms with Crippen molar-refractivity contribution < 1.29 is 4.79 Å². The maximum Gasteiger partial charge on any atom is 0.270 e. The highest BCUT2D eigenvalue weighted by atomic mass is 16.1. The lowest BCUT2D eigenvalue weighted by molar-refractivity contribution is 0.0947. The number of rotatable bonds is 6. The molecule has 0 aliphatic carbocycles. The van der Waals surface area contributed by atoms with Crippen molar-refractivity contribution in [1.82, 2.24) is 20.2 Å². The summed E-state index contributed by atoms with van der Waals surface area (Å²) in [5, 5.41) is 6.08. The Bertz CT molecular complexity index is 479. The minimum atomic E-state index is -0.156. The highest BCUT2D eigenvalue weighted by Crippen LogP contribution is 2.11. The van der Waals surface area contributed by atoms with E-state index in [1.807, 2.05) is 41.8 Å². The fraction of sp³-hybridized carbons (Fsp3) is 0.667. The van der Waals surface area contributed by atoms with Crippen LogP contribution in [0, 0.1) is 6.92 Å². The van der Waals surface area contributed by atoms with E-state index in [0.29, 0.717) is 18.2 Å². The van der Waals surface area contributed by atoms with Gasteiger partial charge in [0, 0.05) is 17.8 Å². The SMILES string of the molecule is Cc1cc(C(=O)NCCCN(C)C)nc(NC(C)(C)C)n1. The van der Waals surface area contributed by atoms with Crippen molar-refractivity contribution in [1.29, 1.82) is 0 Å². The third-order valence-corrected chi connectivity index (χ3v) is 2.64. The number of hydrogen-bond donors (Lipinski definition) is 2. The lowest BCUT2D eigenvalue weighted by Gasteiger charge is -2.20. The van der Waals surface area contributed by atoms with Gasteiger partial charge in [-0.3, -0.25) is 4.79 Å². The van der Waals surface area contributed by atoms with Gasteiger partial charge in [0.05, 0.1) is 0 Å². The van der Waals surface area contributed by atoms with E-state index in [1.54, 1.807) is 6.07 Å². The number of anilines is 1. The molecule has 0 bridgehead atoms. The first-order valence-electron chi connectivity index (χ1n) is 7.24. The van der Waals surface area contributed by atoms with Gasteiger partial charge in [-0.25, -0.2) is 9.97 Å². The Morgan fingerprint density at radius 3 is 2.52 bits per heavy atom. The summed E-state index contributed by atoms with van der Waals surface area (Å²) in [4.78, 5) is 22.8. The first kappa shape index (κ1) is 17.4. The molecule has 1 rings (SSSR count). The van der Waals surface area contributed by atoms with Crippen LogP contribution in [-0.4, -0.2) is 53.5 Å². The molecule has 1 aromatic rings. The molecular formula is C15H27N5O. The van der Waals surface area contributed by atoms with Gasteiger partial charge in [0.25, 0.3) is 5.91 Å². The van der Waals surface area contributed by atoms with Crippen LogP contribution in [0.25, 0.3) is 0 Å². The molecular weight excluding hydrogens is 266 g/mol. The second-order valence-corrected chi connectivity index (χ2v) is 6.51. The molecule has 6 nitrogen and oxygen atoms in total. The van der Waals surface area contributed by atoms with Crippen molar-refractivity contribution >= 4 is 11.9 Å². The zero-order valence-electron chi connectivity index (χ0n) is 13.9. The summed E-state index contributed by atoms with van der Waals surface area (Å²) in [6, 6.07) is 1.70. The van der Waals surface area contributed by atoms with E-state index in [0.717, 1.165) is 18.7 Å². The van der Waals surface area contributed by atoms with E-state index in [9.17, 15) is 4.79 Å². The summed E-state index contributed by atoms with van der Waals surface area (Å²) in [6.07, 6.45) is 0.913. The summed E-state index contributed by atoms with van der Waals surface area (Å²) >= 11 is 0. The van der Waals surface area contributed by atoms with E-state index < -0.39 is 0 Å². The van der Waals surface area contributed by atoms with Gasteiger partial charge in [-0.2, -0.15) is 0 Å². The number of hydrogen-bond acceptors (Lipinski definition) is 5. The third-order valence-electron chi connectivity index (χ3n) is 2.64. The lowest BCUT2D eigenvalue weighted by atomic mass is 10.1. The minimum absolute atomic E-state index is 0.146. The van der Waals surface area contributed by atoms with Crippen LogP contribution < -0.4 is 10.6 Å². The molecule has 0 aliphatic heterocycles. The van der Waals surface area contributed by atoms with E-state index in [-0.39, 0.29) is 11.4 Å². The number of carbonyl (C=O) groups excluding carboxylic acids is 1. The largest absolute Gasteiger partial charge is 0.351 e. The summed E-state index contributed by atoms with van der Waals surface area (Å²) in [6.45, 7) is 9.53. The van der Waals surface area contributed by atoms with Crippen LogP contribution in [0.1, 0.15) is 43.4 Å². The van der Waals surface area contributed by atoms with Gasteiger partial charge in [-0.1, -0.05) is 0 Å². The van der Waals surface area contributed by atoms with E-state index >= 15 is 0 Å². The van der Waals surface area contributed by atoms with E-state index in [4.69, 9.17) is 0 Å². The van der Waals surface area contributed by atoms with Gasteiger partial charge in [0.2, 0.25) is 5.95 Å². The third kappa shape index (κ3) is 7.04. The molecule has 1 aromatic heterocycles. The van der Waals surface area contributed by atoms with Crippen molar-refractivity contribution in [3.05, 3.63) is 17.5 Å². The Labute approximate surface area is 127 Å². The normalized spacial score (nSPS) is 11.6. The van der Waals surface area contributed by atoms with Gasteiger partial charge in [-0.15, -0.1) is 0 Å². The van der Waals surface area contributed by atoms with Crippen LogP contribution >= 0.6 is 0 Å². The Balaban J connectivity index is 2.67. The van der Waals surface area contributed by atoms with Crippen LogP contribution in [-0.2, 0) is 0 Å². The van der Waals surface area contributed by atoms with Crippen molar-refractivity contribution in [3.63, 3.8) is 0 Å². The summed E-state index contributed by atoms with van der Waals surface area (Å²) in [5.74, 6) is 0.331. The van der Waals surface area contributed by atoms with E-state index in [1.165, 1.54) is 0 Å². The predicted molar refractivity (Wildman–Crippen MR) is 85.6 cm³/mol. The predicted octanol–water partition coefficient (Wildman–Crippen LogP) is 1.68. The number of nitrogens with zero attached hydrogens (tertiary/aromatic N) is 3. The highest BCUT2D eigenvalue weighted by molar-refractivity contribution is 5.92. The number of amides is 1. The molecule has 118 valence electrons. The van der Waals surface area contributed by atoms with Gasteiger partial charge in [0.1, 0.15) is 5.69 Å². The first-order chi connectivity index (χ1) is 9.67. The zero-order valence-corrected chi connectivity index (χ0v) is 13.9. The van der Waals surface area contributed by atoms with Crippen molar-refractivity contribution in [2.24, 2.45) is 0 Å². The highest BCUT2D eigenvalue weighted by Gasteiger charge is 2.14. The van der Waals surface area contributed by atoms with Crippen LogP contribution in [0.15, 0.2) is 6.07 Å². The van der Waals surface area contributed by atoms with Crippen molar-refractivity contribution in [3.8, 4) is 0 Å². The van der Waals surface area contributed by atoms with Gasteiger partial charge < -0.3 is 15.5 Å². The Morgan fingerprint density at radius 1 is 1.29 bits per heavy atom. The van der Waals surface area contributed by atoms with Crippen molar-refractivity contribution in [2.45, 2.75) is 39.7 Å². The van der Waals surface area contributed by atoms with Crippen LogP contribution in [0.4, 0.5) is 5.95 Å². The van der Waals surface area contributed by atoms with Crippen LogP contribution in [0.2, 0.25) is 0 Å². The molecule has 0 atom stereocenters. The van der Waals surface area contributed by atoms with Crippen molar-refractivity contribution in [2.75, 3.05) is 32.5 Å². The summed E-state index contributed by atoms with van der Waals surface area (Å²) in [5.41, 5.74) is 1.03. The molecule has 0 aromatic carbocycles. The van der Waals surface area contributed by atoms with Crippen LogP contribution in [0.3, 0.4) is 0 Å². The lowest BCUT2D eigenvalue weighted by Crippen LogP contribution is -2.30. The second kappa shape index (κ2) is 7.36. The Morgan fingerprint density at radius 2 is 1.95 bits per heavy atom. The number of nitrogens with one attached hydrogen (secondary N) is 2. The van der Waals surface area contributed by atoms with Gasteiger partial charge in [0.15, 0.2) is 0 Å². The average molecular weight is 293 g/mol. The maximum absolute atomic E-state index is 12.1. The molecule has 0 radical (unpaired) electrons. The quantitative estimate of drug-likeness (QED) is 0.781. The average Bonchev–Trinajstić information content (AvgIpc) is 2.31. The molecule has 2 N–H and O–H groups in total. The molecule has 0 saturated carbocycles. The second-order valence-electron chi connectivity index (χ2n) is 6.51. The summed E-state index contributed by atoms with van der Waals surface area (Å²) < 4.78 is 0. The topological polar surface area (TPSA) is 70.2 Å². The monoisotopic (exact) mass is 293 g/mol. The summed E-state index contributed by atoms with van der Waals surface area (Å²) in [7, 11) is 4.03. The molecule has 21 heavy (non-hydrogen) atoms. The van der Waals surface area contributed by atoms with Crippen LogP contribution in [0.5, 0.6) is 0 Å². The molecule has 6 heteroatoms. The molecule has 0 fully saturated rings. The molecule has 0 aliphatic rings. The van der Waals surface area contributed by atoms with E-state index in [2.05, 4.69) is 25.5 Å². The number of aryl methyl sites for hydroxylation is 1. The Hall–Kier alpha value is -1.69. The molecule has 0 unspecified atom stereocenters. The molecule has 1 amide bonds. The zero-order chi connectivity index (χ0) is 16.0. The molecule has 0 spiro atoms. The number of carbonyl (C=O) groups is 1. The number of aromatic nitrogens is 2. The first-order valence-corrected chi connectivity index (χ1v) is 7.24. The molecule has 1 heterocycles. The van der Waals surface area contributed by atoms with Gasteiger partial charge >= 0.3 is 0 Å². The maximum atomic E-state index is 12.1. The minimum Gasteiger partial charge on any atom is -0.351 e. The van der Waals surface area contributed by atoms with Gasteiger partial charge in [-0.05, 0) is 60.8 Å². The fourth-order valence-electron chi connectivity index (χ4n) is 1.76. The Kier molecular flexibility index (Phi) is 6.08. The smallest absolute Gasteiger partial charge is 0.270 e. The standard InChI is InChI=1S/C15H27N5O/c1-11-10-12(13(21)16-8-7-9-20(5)6)18-14(17-11)19-15(2,3)4/h10H,7-9H2,1-6H3,(H,16,21)(H,17,18,19).